The van der Waals surface area contributed by atoms with Crippen LogP contribution < -0.4 is 5.32 Å². The van der Waals surface area contributed by atoms with Crippen LogP contribution in [0, 0.1) is 0 Å². The zero-order valence-electron chi connectivity index (χ0n) is 12.6. The van der Waals surface area contributed by atoms with Gasteiger partial charge in [-0.25, -0.2) is 9.67 Å². The number of hydrogen-bond donors (Lipinski definition) is 1. The number of rotatable bonds is 4. The van der Waals surface area contributed by atoms with Crippen LogP contribution in [0.5, 0.6) is 0 Å². The molecule has 0 spiro atoms. The average Bonchev–Trinajstić information content (AvgIpc) is 2.96. The monoisotopic (exact) mass is 285 g/mol. The molecule has 0 amide bonds. The van der Waals surface area contributed by atoms with Crippen LogP contribution in [0.3, 0.4) is 0 Å². The fourth-order valence-electron chi connectivity index (χ4n) is 2.90. The van der Waals surface area contributed by atoms with Gasteiger partial charge in [0.25, 0.3) is 0 Å². The highest BCUT2D eigenvalue weighted by atomic mass is 15.3. The van der Waals surface area contributed by atoms with Gasteiger partial charge < -0.3 is 10.2 Å². The van der Waals surface area contributed by atoms with Gasteiger partial charge in [-0.15, -0.1) is 0 Å². The minimum atomic E-state index is 0.582. The summed E-state index contributed by atoms with van der Waals surface area (Å²) < 4.78 is 1.77. The molecule has 0 bridgehead atoms. The molecule has 3 rings (SSSR count). The van der Waals surface area contributed by atoms with Gasteiger partial charge in [-0.1, -0.05) is 6.92 Å². The zero-order valence-corrected chi connectivity index (χ0v) is 12.6. The van der Waals surface area contributed by atoms with Crippen LogP contribution in [0.1, 0.15) is 26.2 Å². The van der Waals surface area contributed by atoms with E-state index in [9.17, 15) is 0 Å². The second-order valence-corrected chi connectivity index (χ2v) is 5.59. The molecular formula is C16H23N5. The molecule has 1 aliphatic heterocycles. The Kier molecular flexibility index (Phi) is 4.50. The lowest BCUT2D eigenvalue weighted by molar-refractivity contribution is 0.300. The zero-order chi connectivity index (χ0) is 14.5. The van der Waals surface area contributed by atoms with Crippen LogP contribution in [-0.4, -0.2) is 45.3 Å². The molecule has 112 valence electrons. The summed E-state index contributed by atoms with van der Waals surface area (Å²) in [6, 6.07) is 8.98. The first-order valence-electron chi connectivity index (χ1n) is 7.79. The lowest BCUT2D eigenvalue weighted by atomic mass is 10.1. The van der Waals surface area contributed by atoms with Crippen molar-refractivity contribution in [3.63, 3.8) is 0 Å². The van der Waals surface area contributed by atoms with Crippen LogP contribution in [0.4, 0.5) is 5.69 Å². The van der Waals surface area contributed by atoms with Crippen molar-refractivity contribution in [2.45, 2.75) is 32.2 Å². The van der Waals surface area contributed by atoms with Crippen molar-refractivity contribution in [3.8, 4) is 5.69 Å². The molecule has 1 aromatic heterocycles. The van der Waals surface area contributed by atoms with Gasteiger partial charge in [-0.2, -0.15) is 5.10 Å². The minimum Gasteiger partial charge on any atom is -0.382 e. The standard InChI is InChI=1S/C16H23N5/c1-2-20-10-3-4-14(9-11-20)19-15-5-7-16(8-6-15)21-13-17-12-18-21/h5-8,12-14,19H,2-4,9-11H2,1H3. The van der Waals surface area contributed by atoms with Gasteiger partial charge in [0.05, 0.1) is 5.69 Å². The molecule has 1 saturated heterocycles. The third-order valence-electron chi connectivity index (χ3n) is 4.19. The molecule has 21 heavy (non-hydrogen) atoms. The molecule has 0 saturated carbocycles. The van der Waals surface area contributed by atoms with E-state index in [4.69, 9.17) is 0 Å². The molecule has 1 unspecified atom stereocenters. The first-order chi connectivity index (χ1) is 10.3. The quantitative estimate of drug-likeness (QED) is 0.938. The summed E-state index contributed by atoms with van der Waals surface area (Å²) in [5, 5.41) is 7.81. The summed E-state index contributed by atoms with van der Waals surface area (Å²) in [7, 11) is 0. The average molecular weight is 285 g/mol. The predicted molar refractivity (Wildman–Crippen MR) is 84.7 cm³/mol. The Bertz CT molecular complexity index is 534. The summed E-state index contributed by atoms with van der Waals surface area (Å²) >= 11 is 0. The minimum absolute atomic E-state index is 0.582. The molecule has 2 aromatic rings. The van der Waals surface area contributed by atoms with Crippen LogP contribution in [0.2, 0.25) is 0 Å². The van der Waals surface area contributed by atoms with Crippen molar-refractivity contribution in [1.82, 2.24) is 19.7 Å². The van der Waals surface area contributed by atoms with Crippen molar-refractivity contribution < 1.29 is 0 Å². The van der Waals surface area contributed by atoms with E-state index < -0.39 is 0 Å². The van der Waals surface area contributed by atoms with Crippen LogP contribution in [-0.2, 0) is 0 Å². The van der Waals surface area contributed by atoms with E-state index in [2.05, 4.69) is 51.5 Å². The van der Waals surface area contributed by atoms with Gasteiger partial charge in [0.2, 0.25) is 0 Å². The van der Waals surface area contributed by atoms with Crippen LogP contribution >= 0.6 is 0 Å². The first kappa shape index (κ1) is 14.1. The lowest BCUT2D eigenvalue weighted by Gasteiger charge is -2.19. The summed E-state index contributed by atoms with van der Waals surface area (Å²) in [6.07, 6.45) is 7.02. The van der Waals surface area contributed by atoms with E-state index in [1.54, 1.807) is 17.3 Å². The van der Waals surface area contributed by atoms with E-state index in [1.165, 1.54) is 44.6 Å². The number of anilines is 1. The summed E-state index contributed by atoms with van der Waals surface area (Å²) in [5.41, 5.74) is 2.23. The van der Waals surface area contributed by atoms with Gasteiger partial charge in [-0.3, -0.25) is 0 Å². The second-order valence-electron chi connectivity index (χ2n) is 5.59. The van der Waals surface area contributed by atoms with Crippen molar-refractivity contribution >= 4 is 5.69 Å². The Morgan fingerprint density at radius 3 is 2.76 bits per heavy atom. The number of aromatic nitrogens is 3. The molecule has 0 radical (unpaired) electrons. The molecule has 5 nitrogen and oxygen atoms in total. The van der Waals surface area contributed by atoms with Crippen LogP contribution in [0.25, 0.3) is 5.69 Å². The second kappa shape index (κ2) is 6.72. The maximum Gasteiger partial charge on any atom is 0.138 e. The Labute approximate surface area is 126 Å². The third kappa shape index (κ3) is 3.61. The molecule has 0 aliphatic carbocycles. The van der Waals surface area contributed by atoms with Crippen molar-refractivity contribution in [2.75, 3.05) is 25.0 Å². The molecule has 1 N–H and O–H groups in total. The fraction of sp³-hybridized carbons (Fsp3) is 0.500. The largest absolute Gasteiger partial charge is 0.382 e. The van der Waals surface area contributed by atoms with E-state index in [1.807, 2.05) is 0 Å². The van der Waals surface area contributed by atoms with Crippen molar-refractivity contribution in [2.24, 2.45) is 0 Å². The Morgan fingerprint density at radius 1 is 1.19 bits per heavy atom. The number of benzene rings is 1. The Balaban J connectivity index is 1.60. The van der Waals surface area contributed by atoms with Gasteiger partial charge in [0.15, 0.2) is 0 Å². The molecule has 2 heterocycles. The summed E-state index contributed by atoms with van der Waals surface area (Å²) in [4.78, 5) is 6.51. The number of likely N-dealkylation sites (tertiary alicyclic amines) is 1. The smallest absolute Gasteiger partial charge is 0.138 e. The van der Waals surface area contributed by atoms with E-state index in [-0.39, 0.29) is 0 Å². The van der Waals surface area contributed by atoms with Gasteiger partial charge in [0.1, 0.15) is 12.7 Å². The third-order valence-corrected chi connectivity index (χ3v) is 4.19. The number of nitrogens with one attached hydrogen (secondary N) is 1. The topological polar surface area (TPSA) is 46.0 Å². The molecule has 1 fully saturated rings. The molecule has 1 aromatic carbocycles. The molecule has 1 aliphatic rings. The van der Waals surface area contributed by atoms with Crippen molar-refractivity contribution in [3.05, 3.63) is 36.9 Å². The normalized spacial score (nSPS) is 20.1. The maximum absolute atomic E-state index is 4.14. The van der Waals surface area contributed by atoms with E-state index in [0.717, 1.165) is 5.69 Å². The van der Waals surface area contributed by atoms with Gasteiger partial charge >= 0.3 is 0 Å². The highest BCUT2D eigenvalue weighted by molar-refractivity contribution is 5.49. The fourth-order valence-corrected chi connectivity index (χ4v) is 2.90. The van der Waals surface area contributed by atoms with E-state index in [0.29, 0.717) is 6.04 Å². The Morgan fingerprint density at radius 2 is 2.05 bits per heavy atom. The van der Waals surface area contributed by atoms with Crippen LogP contribution in [0.15, 0.2) is 36.9 Å². The van der Waals surface area contributed by atoms with Gasteiger partial charge in [0, 0.05) is 18.3 Å². The highest BCUT2D eigenvalue weighted by Crippen LogP contribution is 2.18. The van der Waals surface area contributed by atoms with Crippen molar-refractivity contribution in [1.29, 1.82) is 0 Å². The molecule has 1 atom stereocenters. The maximum atomic E-state index is 4.14. The van der Waals surface area contributed by atoms with E-state index >= 15 is 0 Å². The first-order valence-corrected chi connectivity index (χ1v) is 7.79. The highest BCUT2D eigenvalue weighted by Gasteiger charge is 2.15. The number of nitrogens with zero attached hydrogens (tertiary/aromatic N) is 4. The Hall–Kier alpha value is -1.88. The summed E-state index contributed by atoms with van der Waals surface area (Å²) in [6.45, 7) is 5.85. The number of hydrogen-bond acceptors (Lipinski definition) is 4. The predicted octanol–water partition coefficient (Wildman–Crippen LogP) is 2.55. The SMILES string of the molecule is CCN1CCCC(Nc2ccc(-n3cncn3)cc2)CC1. The summed E-state index contributed by atoms with van der Waals surface area (Å²) in [5.74, 6) is 0. The molecular weight excluding hydrogens is 262 g/mol. The lowest BCUT2D eigenvalue weighted by Crippen LogP contribution is -2.26. The van der Waals surface area contributed by atoms with Gasteiger partial charge in [-0.05, 0) is 56.6 Å². The molecule has 5 heteroatoms.